The molecule has 0 radical (unpaired) electrons. The van der Waals surface area contributed by atoms with Gasteiger partial charge in [0.25, 0.3) is 5.91 Å². The number of rotatable bonds is 2. The minimum Gasteiger partial charge on any atom is -0.490 e. The maximum Gasteiger partial charge on any atom is 0.272 e. The molecule has 0 spiro atoms. The van der Waals surface area contributed by atoms with E-state index < -0.39 is 0 Å². The first-order valence-electron chi connectivity index (χ1n) is 7.69. The van der Waals surface area contributed by atoms with Crippen LogP contribution in [-0.2, 0) is 0 Å². The average Bonchev–Trinajstić information content (AvgIpc) is 2.89. The summed E-state index contributed by atoms with van der Waals surface area (Å²) in [4.78, 5) is 15.6. The minimum absolute atomic E-state index is 0.261. The molecule has 0 aliphatic carbocycles. The van der Waals surface area contributed by atoms with Crippen LogP contribution in [-0.4, -0.2) is 24.1 Å². The summed E-state index contributed by atoms with van der Waals surface area (Å²) in [5, 5.41) is 4.21. The van der Waals surface area contributed by atoms with Crippen LogP contribution in [0.3, 0.4) is 0 Å². The van der Waals surface area contributed by atoms with Crippen LogP contribution in [0.5, 0.6) is 11.5 Å². The average molecular weight is 343 g/mol. The summed E-state index contributed by atoms with van der Waals surface area (Å²) in [5.41, 5.74) is 1.87. The van der Waals surface area contributed by atoms with E-state index in [4.69, 9.17) is 21.1 Å². The van der Waals surface area contributed by atoms with Crippen LogP contribution in [0.2, 0.25) is 5.02 Å². The van der Waals surface area contributed by atoms with Crippen LogP contribution in [0, 0.1) is 0 Å². The summed E-state index contributed by atoms with van der Waals surface area (Å²) < 4.78 is 11.2. The molecule has 5 nitrogen and oxygen atoms in total. The molecule has 3 aromatic rings. The van der Waals surface area contributed by atoms with Crippen LogP contribution >= 0.6 is 11.6 Å². The summed E-state index contributed by atoms with van der Waals surface area (Å²) >= 11 is 6.26. The van der Waals surface area contributed by atoms with Crippen LogP contribution in [0.15, 0.2) is 42.5 Å². The second-order valence-electron chi connectivity index (χ2n) is 5.55. The maximum absolute atomic E-state index is 12.5. The number of nitrogens with one attached hydrogen (secondary N) is 2. The fraction of sp³-hybridized carbons (Fsp3) is 0.167. The number of anilines is 1. The van der Waals surface area contributed by atoms with Gasteiger partial charge in [0.1, 0.15) is 5.69 Å². The summed E-state index contributed by atoms with van der Waals surface area (Å²) in [6, 6.07) is 12.9. The van der Waals surface area contributed by atoms with Crippen molar-refractivity contribution < 1.29 is 14.3 Å². The Morgan fingerprint density at radius 2 is 1.83 bits per heavy atom. The lowest BCUT2D eigenvalue weighted by atomic mass is 10.2. The Bertz CT molecular complexity index is 887. The van der Waals surface area contributed by atoms with Crippen molar-refractivity contribution in [1.29, 1.82) is 0 Å². The summed E-state index contributed by atoms with van der Waals surface area (Å²) in [7, 11) is 0. The van der Waals surface area contributed by atoms with Gasteiger partial charge in [0.15, 0.2) is 11.5 Å². The summed E-state index contributed by atoms with van der Waals surface area (Å²) in [6.07, 6.45) is 0.809. The van der Waals surface area contributed by atoms with Crippen LogP contribution in [0.25, 0.3) is 10.9 Å². The van der Waals surface area contributed by atoms with Crippen molar-refractivity contribution in [1.82, 2.24) is 4.98 Å². The van der Waals surface area contributed by atoms with Crippen molar-refractivity contribution in [3.8, 4) is 11.5 Å². The molecule has 0 fully saturated rings. The molecule has 2 N–H and O–H groups in total. The van der Waals surface area contributed by atoms with Crippen molar-refractivity contribution in [2.75, 3.05) is 18.5 Å². The predicted molar refractivity (Wildman–Crippen MR) is 93.3 cm³/mol. The number of benzene rings is 2. The molecule has 0 unspecified atom stereocenters. The highest BCUT2D eigenvalue weighted by molar-refractivity contribution is 6.34. The topological polar surface area (TPSA) is 63.4 Å². The Hall–Kier alpha value is -2.66. The molecule has 6 heteroatoms. The van der Waals surface area contributed by atoms with E-state index in [9.17, 15) is 4.79 Å². The van der Waals surface area contributed by atoms with Gasteiger partial charge < -0.3 is 19.8 Å². The van der Waals surface area contributed by atoms with Gasteiger partial charge in [0.05, 0.1) is 23.9 Å². The van der Waals surface area contributed by atoms with E-state index in [-0.39, 0.29) is 5.91 Å². The number of aromatic nitrogens is 1. The zero-order valence-corrected chi connectivity index (χ0v) is 13.5. The third-order valence-corrected chi connectivity index (χ3v) is 4.17. The molecule has 1 amide bonds. The van der Waals surface area contributed by atoms with E-state index in [1.165, 1.54) is 0 Å². The lowest BCUT2D eigenvalue weighted by molar-refractivity contribution is 0.102. The SMILES string of the molecule is O=C(Nc1cc2c(cc1Cl)OCCCO2)c1cc2ccccc2[nH]1. The van der Waals surface area contributed by atoms with Crippen molar-refractivity contribution in [2.24, 2.45) is 0 Å². The first-order valence-corrected chi connectivity index (χ1v) is 8.07. The Morgan fingerprint density at radius 3 is 2.62 bits per heavy atom. The molecule has 4 rings (SSSR count). The van der Waals surface area contributed by atoms with Gasteiger partial charge in [-0.05, 0) is 12.1 Å². The van der Waals surface area contributed by atoms with Crippen molar-refractivity contribution >= 4 is 34.1 Å². The number of carbonyl (C=O) groups excluding carboxylic acids is 1. The molecule has 24 heavy (non-hydrogen) atoms. The standard InChI is InChI=1S/C18H15ClN2O3/c19-12-9-16-17(24-7-3-6-23-16)10-14(12)21-18(22)15-8-11-4-1-2-5-13(11)20-15/h1-2,4-5,8-10,20H,3,6-7H2,(H,21,22). The molecule has 0 atom stereocenters. The van der Waals surface area contributed by atoms with Crippen LogP contribution in [0.4, 0.5) is 5.69 Å². The molecular formula is C18H15ClN2O3. The first kappa shape index (κ1) is 14.9. The lowest BCUT2D eigenvalue weighted by Gasteiger charge is -2.12. The molecule has 2 heterocycles. The van der Waals surface area contributed by atoms with Crippen molar-refractivity contribution in [3.63, 3.8) is 0 Å². The van der Waals surface area contributed by atoms with Gasteiger partial charge in [0.2, 0.25) is 0 Å². The Labute approximate surface area is 143 Å². The second kappa shape index (κ2) is 6.09. The molecule has 0 saturated carbocycles. The summed E-state index contributed by atoms with van der Waals surface area (Å²) in [5.74, 6) is 0.924. The van der Waals surface area contributed by atoms with Gasteiger partial charge in [-0.2, -0.15) is 0 Å². The Morgan fingerprint density at radius 1 is 1.08 bits per heavy atom. The summed E-state index contributed by atoms with van der Waals surface area (Å²) in [6.45, 7) is 1.16. The van der Waals surface area contributed by atoms with Crippen LogP contribution < -0.4 is 14.8 Å². The Kier molecular flexibility index (Phi) is 3.78. The zero-order valence-electron chi connectivity index (χ0n) is 12.8. The number of aromatic amines is 1. The number of amides is 1. The van der Waals surface area contributed by atoms with Crippen LogP contribution in [0.1, 0.15) is 16.9 Å². The quantitative estimate of drug-likeness (QED) is 0.732. The number of fused-ring (bicyclic) bond motifs is 2. The minimum atomic E-state index is -0.261. The number of hydrogen-bond donors (Lipinski definition) is 2. The van der Waals surface area contributed by atoms with Gasteiger partial charge in [-0.3, -0.25) is 4.79 Å². The molecular weight excluding hydrogens is 328 g/mol. The smallest absolute Gasteiger partial charge is 0.272 e. The number of ether oxygens (including phenoxy) is 2. The highest BCUT2D eigenvalue weighted by atomic mass is 35.5. The van der Waals surface area contributed by atoms with Gasteiger partial charge >= 0.3 is 0 Å². The predicted octanol–water partition coefficient (Wildman–Crippen LogP) is 4.23. The highest BCUT2D eigenvalue weighted by Crippen LogP contribution is 2.37. The largest absolute Gasteiger partial charge is 0.490 e. The Balaban J connectivity index is 1.62. The maximum atomic E-state index is 12.5. The van der Waals surface area contributed by atoms with E-state index in [0.717, 1.165) is 17.3 Å². The molecule has 2 aromatic carbocycles. The van der Waals surface area contributed by atoms with E-state index in [1.54, 1.807) is 12.1 Å². The molecule has 122 valence electrons. The van der Waals surface area contributed by atoms with Gasteiger partial charge in [0, 0.05) is 29.5 Å². The second-order valence-corrected chi connectivity index (χ2v) is 5.96. The number of para-hydroxylation sites is 1. The van der Waals surface area contributed by atoms with E-state index in [0.29, 0.717) is 41.1 Å². The molecule has 0 bridgehead atoms. The fourth-order valence-electron chi connectivity index (χ4n) is 2.67. The number of H-pyrrole nitrogens is 1. The third-order valence-electron chi connectivity index (χ3n) is 3.86. The highest BCUT2D eigenvalue weighted by Gasteiger charge is 2.17. The first-order chi connectivity index (χ1) is 11.7. The normalized spacial score (nSPS) is 13.5. The van der Waals surface area contributed by atoms with Gasteiger partial charge in [-0.25, -0.2) is 0 Å². The molecule has 1 aromatic heterocycles. The number of hydrogen-bond acceptors (Lipinski definition) is 3. The number of halogens is 1. The monoisotopic (exact) mass is 342 g/mol. The molecule has 0 saturated heterocycles. The third kappa shape index (κ3) is 2.78. The fourth-order valence-corrected chi connectivity index (χ4v) is 2.87. The molecule has 1 aliphatic rings. The van der Waals surface area contributed by atoms with Gasteiger partial charge in [-0.15, -0.1) is 0 Å². The van der Waals surface area contributed by atoms with Crippen molar-refractivity contribution in [3.05, 3.63) is 53.2 Å². The lowest BCUT2D eigenvalue weighted by Crippen LogP contribution is -2.12. The van der Waals surface area contributed by atoms with Crippen molar-refractivity contribution in [2.45, 2.75) is 6.42 Å². The zero-order chi connectivity index (χ0) is 16.5. The van der Waals surface area contributed by atoms with E-state index >= 15 is 0 Å². The number of carbonyl (C=O) groups is 1. The van der Waals surface area contributed by atoms with E-state index in [1.807, 2.05) is 30.3 Å². The van der Waals surface area contributed by atoms with E-state index in [2.05, 4.69) is 10.3 Å². The molecule has 1 aliphatic heterocycles. The van der Waals surface area contributed by atoms with Gasteiger partial charge in [-0.1, -0.05) is 29.8 Å².